The Morgan fingerprint density at radius 2 is 1.47 bits per heavy atom. The molecule has 1 aliphatic carbocycles. The van der Waals surface area contributed by atoms with Gasteiger partial charge in [0.05, 0.1) is 35.6 Å². The molecule has 204 valence electrons. The number of hydrogen-bond acceptors (Lipinski definition) is 4. The summed E-state index contributed by atoms with van der Waals surface area (Å²) in [7, 11) is -3.57. The van der Waals surface area contributed by atoms with Crippen molar-refractivity contribution in [2.75, 3.05) is 6.61 Å². The Morgan fingerprint density at radius 1 is 0.842 bits per heavy atom. The number of benzene rings is 2. The summed E-state index contributed by atoms with van der Waals surface area (Å²) in [5, 5.41) is -0.561. The van der Waals surface area contributed by atoms with Crippen LogP contribution in [0, 0.1) is 5.92 Å². The minimum Gasteiger partial charge on any atom is -0.374 e. The third-order valence-corrected chi connectivity index (χ3v) is 9.95. The molecule has 0 bridgehead atoms. The molecule has 4 atom stereocenters. The van der Waals surface area contributed by atoms with E-state index in [9.17, 15) is 8.42 Å². The Hall–Kier alpha value is -2.47. The first-order valence-electron chi connectivity index (χ1n) is 13.9. The van der Waals surface area contributed by atoms with Crippen molar-refractivity contribution in [1.29, 1.82) is 0 Å². The maximum absolute atomic E-state index is 14.1. The van der Waals surface area contributed by atoms with E-state index in [1.807, 2.05) is 36.4 Å². The summed E-state index contributed by atoms with van der Waals surface area (Å²) in [5.74, 6) is -0.149. The van der Waals surface area contributed by atoms with Gasteiger partial charge in [-0.05, 0) is 77.0 Å². The van der Waals surface area contributed by atoms with Crippen molar-refractivity contribution in [3.05, 3.63) is 101 Å². The van der Waals surface area contributed by atoms with Gasteiger partial charge in [0.25, 0.3) is 0 Å². The molecule has 0 amide bonds. The first-order valence-corrected chi connectivity index (χ1v) is 15.4. The predicted octanol–water partition coefficient (Wildman–Crippen LogP) is 7.62. The maximum atomic E-state index is 14.1. The highest BCUT2D eigenvalue weighted by Crippen LogP contribution is 2.39. The van der Waals surface area contributed by atoms with E-state index in [1.54, 1.807) is 24.3 Å². The molecule has 0 saturated carbocycles. The lowest BCUT2D eigenvalue weighted by molar-refractivity contribution is -0.00935. The van der Waals surface area contributed by atoms with Crippen molar-refractivity contribution in [2.45, 2.75) is 88.3 Å². The van der Waals surface area contributed by atoms with Crippen LogP contribution in [0.4, 0.5) is 0 Å². The minimum atomic E-state index is -3.57. The summed E-state index contributed by atoms with van der Waals surface area (Å²) in [6.07, 6.45) is 11.4. The Morgan fingerprint density at radius 3 is 2.18 bits per heavy atom. The largest absolute Gasteiger partial charge is 0.374 e. The molecule has 2 aromatic carbocycles. The number of sulfone groups is 1. The Bertz CT molecular complexity index is 1230. The second-order valence-electron chi connectivity index (χ2n) is 10.9. The molecule has 38 heavy (non-hydrogen) atoms. The van der Waals surface area contributed by atoms with Gasteiger partial charge in [-0.15, -0.1) is 0 Å². The van der Waals surface area contributed by atoms with Gasteiger partial charge in [0.15, 0.2) is 9.84 Å². The molecule has 2 aromatic rings. The van der Waals surface area contributed by atoms with E-state index in [2.05, 4.69) is 39.0 Å². The van der Waals surface area contributed by atoms with Crippen molar-refractivity contribution in [3.8, 4) is 0 Å². The summed E-state index contributed by atoms with van der Waals surface area (Å²) in [5.41, 5.74) is 4.88. The molecule has 5 heteroatoms. The van der Waals surface area contributed by atoms with E-state index in [1.165, 1.54) is 11.1 Å². The molecule has 1 unspecified atom stereocenters. The Labute approximate surface area is 229 Å². The van der Waals surface area contributed by atoms with E-state index in [0.29, 0.717) is 31.0 Å². The quantitative estimate of drug-likeness (QED) is 0.358. The lowest BCUT2D eigenvalue weighted by Crippen LogP contribution is -2.35. The first kappa shape index (κ1) is 28.5. The molecule has 1 saturated heterocycles. The molecule has 0 radical (unpaired) electrons. The van der Waals surface area contributed by atoms with Gasteiger partial charge < -0.3 is 9.47 Å². The SMILES string of the molecule is C/C1=C\CC/C(C)=C/[C@H]2O[C@@H](COCc3ccccc3)C[C@@H]2C(S(=O)(=O)c2ccccc2)C/C(C)=C/CC1. The first-order chi connectivity index (χ1) is 18.3. The molecule has 1 aliphatic heterocycles. The molecular weight excluding hydrogens is 492 g/mol. The molecule has 0 N–H and O–H groups in total. The van der Waals surface area contributed by atoms with Crippen molar-refractivity contribution < 1.29 is 17.9 Å². The van der Waals surface area contributed by atoms with Gasteiger partial charge in [0.2, 0.25) is 0 Å². The summed E-state index contributed by atoms with van der Waals surface area (Å²) >= 11 is 0. The van der Waals surface area contributed by atoms with Crippen LogP contribution in [0.25, 0.3) is 0 Å². The zero-order valence-electron chi connectivity index (χ0n) is 23.0. The molecule has 0 spiro atoms. The third kappa shape index (κ3) is 7.78. The van der Waals surface area contributed by atoms with Crippen molar-refractivity contribution in [1.82, 2.24) is 0 Å². The Balaban J connectivity index is 1.63. The fraction of sp³-hybridized carbons (Fsp3) is 0.455. The summed E-state index contributed by atoms with van der Waals surface area (Å²) in [6.45, 7) is 7.37. The lowest BCUT2D eigenvalue weighted by atomic mass is 9.89. The molecule has 1 fully saturated rings. The third-order valence-electron chi connectivity index (χ3n) is 7.70. The summed E-state index contributed by atoms with van der Waals surface area (Å²) in [6, 6.07) is 19.0. The van der Waals surface area contributed by atoms with Crippen LogP contribution in [0.5, 0.6) is 0 Å². The highest BCUT2D eigenvalue weighted by Gasteiger charge is 2.44. The average molecular weight is 535 g/mol. The van der Waals surface area contributed by atoms with E-state index in [-0.39, 0.29) is 18.1 Å². The fourth-order valence-electron chi connectivity index (χ4n) is 5.57. The molecular formula is C33H42O4S. The number of rotatable bonds is 6. The van der Waals surface area contributed by atoms with E-state index in [0.717, 1.165) is 36.8 Å². The Kier molecular flexibility index (Phi) is 10.2. The van der Waals surface area contributed by atoms with Gasteiger partial charge in [-0.25, -0.2) is 8.42 Å². The maximum Gasteiger partial charge on any atom is 0.181 e. The van der Waals surface area contributed by atoms with Crippen LogP contribution in [-0.2, 0) is 25.9 Å². The second kappa shape index (κ2) is 13.5. The van der Waals surface area contributed by atoms with Crippen LogP contribution in [0.1, 0.15) is 64.9 Å². The van der Waals surface area contributed by atoms with Crippen LogP contribution < -0.4 is 0 Å². The van der Waals surface area contributed by atoms with Gasteiger partial charge >= 0.3 is 0 Å². The van der Waals surface area contributed by atoms with Gasteiger partial charge in [0, 0.05) is 5.92 Å². The van der Waals surface area contributed by atoms with Crippen LogP contribution in [0.3, 0.4) is 0 Å². The van der Waals surface area contributed by atoms with Crippen LogP contribution >= 0.6 is 0 Å². The topological polar surface area (TPSA) is 52.6 Å². The van der Waals surface area contributed by atoms with Crippen molar-refractivity contribution >= 4 is 9.84 Å². The van der Waals surface area contributed by atoms with E-state index < -0.39 is 15.1 Å². The van der Waals surface area contributed by atoms with Crippen LogP contribution in [0.2, 0.25) is 0 Å². The molecule has 4 nitrogen and oxygen atoms in total. The standard InChI is InChI=1S/C33H42O4S/c1-25-12-10-14-26(2)20-32-31(22-29(37-32)24-36-23-28-16-6-4-7-17-28)33(21-27(3)15-11-13-25)38(34,35)30-18-8-5-9-19-30/h4-9,12,15-20,29,31-33H,10-11,13-14,21-24H2,1-3H3/b25-12+,26-20+,27-15+/t29-,31+,32-,33?/m1/s1. The predicted molar refractivity (Wildman–Crippen MR) is 155 cm³/mol. The number of hydrogen-bond donors (Lipinski definition) is 0. The van der Waals surface area contributed by atoms with Gasteiger partial charge in [0.1, 0.15) is 0 Å². The number of ether oxygens (including phenoxy) is 2. The number of allylic oxidation sites excluding steroid dienone is 5. The monoisotopic (exact) mass is 534 g/mol. The van der Waals surface area contributed by atoms with Gasteiger partial charge in [-0.2, -0.15) is 0 Å². The van der Waals surface area contributed by atoms with Crippen molar-refractivity contribution in [2.24, 2.45) is 5.92 Å². The zero-order chi connectivity index (χ0) is 27.0. The zero-order valence-corrected chi connectivity index (χ0v) is 23.8. The highest BCUT2D eigenvalue weighted by atomic mass is 32.2. The van der Waals surface area contributed by atoms with E-state index in [4.69, 9.17) is 9.47 Å². The fourth-order valence-corrected chi connectivity index (χ4v) is 7.66. The lowest BCUT2D eigenvalue weighted by Gasteiger charge is -2.27. The smallest absolute Gasteiger partial charge is 0.181 e. The molecule has 1 heterocycles. The average Bonchev–Trinajstić information content (AvgIpc) is 3.29. The molecule has 0 aromatic heterocycles. The van der Waals surface area contributed by atoms with E-state index >= 15 is 0 Å². The summed E-state index contributed by atoms with van der Waals surface area (Å²) < 4.78 is 40.8. The second-order valence-corrected chi connectivity index (χ2v) is 13.1. The highest BCUT2D eigenvalue weighted by molar-refractivity contribution is 7.92. The summed E-state index contributed by atoms with van der Waals surface area (Å²) in [4.78, 5) is 0.390. The van der Waals surface area contributed by atoms with Gasteiger partial charge in [-0.3, -0.25) is 0 Å². The minimum absolute atomic E-state index is 0.145. The van der Waals surface area contributed by atoms with Crippen molar-refractivity contribution in [3.63, 3.8) is 0 Å². The van der Waals surface area contributed by atoms with Crippen LogP contribution in [-0.4, -0.2) is 32.5 Å². The van der Waals surface area contributed by atoms with Gasteiger partial charge in [-0.1, -0.05) is 83.5 Å². The molecule has 2 aliphatic rings. The number of fused-ring (bicyclic) bond motifs is 1. The normalized spacial score (nSPS) is 29.6. The van der Waals surface area contributed by atoms with Crippen LogP contribution in [0.15, 0.2) is 101 Å². The molecule has 4 rings (SSSR count).